The highest BCUT2D eigenvalue weighted by atomic mass is 35.5. The summed E-state index contributed by atoms with van der Waals surface area (Å²) in [7, 11) is 0. The van der Waals surface area contributed by atoms with E-state index >= 15 is 0 Å². The van der Waals surface area contributed by atoms with Crippen LogP contribution in [0.5, 0.6) is 0 Å². The summed E-state index contributed by atoms with van der Waals surface area (Å²) >= 11 is 0. The Kier molecular flexibility index (Phi) is 4.11. The fourth-order valence-corrected chi connectivity index (χ4v) is 1.52. The molecule has 1 fully saturated rings. The number of nitrogens with one attached hydrogen (secondary N) is 1. The second-order valence-electron chi connectivity index (χ2n) is 3.25. The first-order chi connectivity index (χ1) is 6.36. The molecule has 76 valence electrons. The van der Waals surface area contributed by atoms with Crippen molar-refractivity contribution < 1.29 is 4.39 Å². The van der Waals surface area contributed by atoms with Gasteiger partial charge in [0, 0.05) is 12.1 Å². The van der Waals surface area contributed by atoms with Crippen molar-refractivity contribution in [2.45, 2.75) is 6.42 Å². The summed E-state index contributed by atoms with van der Waals surface area (Å²) in [6, 6.07) is 6.87. The number of rotatable bonds is 1. The third-order valence-electron chi connectivity index (χ3n) is 2.24. The van der Waals surface area contributed by atoms with E-state index in [4.69, 9.17) is 0 Å². The van der Waals surface area contributed by atoms with E-state index in [1.807, 2.05) is 12.1 Å². The van der Waals surface area contributed by atoms with Crippen LogP contribution in [0, 0.1) is 5.82 Å². The van der Waals surface area contributed by atoms with Gasteiger partial charge in [0.1, 0.15) is 5.82 Å². The highest BCUT2D eigenvalue weighted by molar-refractivity contribution is 5.85. The van der Waals surface area contributed by atoms with Crippen LogP contribution in [-0.4, -0.2) is 13.1 Å². The van der Waals surface area contributed by atoms with E-state index in [2.05, 4.69) is 5.32 Å². The predicted octanol–water partition coefficient (Wildman–Crippen LogP) is 2.62. The van der Waals surface area contributed by atoms with Crippen molar-refractivity contribution in [3.05, 3.63) is 41.2 Å². The van der Waals surface area contributed by atoms with E-state index in [-0.39, 0.29) is 18.2 Å². The lowest BCUT2D eigenvalue weighted by Gasteiger charge is -1.97. The van der Waals surface area contributed by atoms with Crippen molar-refractivity contribution in [2.24, 2.45) is 0 Å². The second kappa shape index (κ2) is 5.13. The molecule has 1 nitrogen and oxygen atoms in total. The van der Waals surface area contributed by atoms with Crippen molar-refractivity contribution in [3.63, 3.8) is 0 Å². The van der Waals surface area contributed by atoms with Crippen molar-refractivity contribution in [1.82, 2.24) is 5.32 Å². The minimum absolute atomic E-state index is 0. The maximum atomic E-state index is 13.2. The molecule has 0 radical (unpaired) electrons. The van der Waals surface area contributed by atoms with Crippen molar-refractivity contribution in [2.75, 3.05) is 13.1 Å². The maximum Gasteiger partial charge on any atom is 0.130 e. The summed E-state index contributed by atoms with van der Waals surface area (Å²) in [4.78, 5) is 0. The Morgan fingerprint density at radius 3 is 2.71 bits per heavy atom. The monoisotopic (exact) mass is 213 g/mol. The molecule has 0 bridgehead atoms. The van der Waals surface area contributed by atoms with Crippen molar-refractivity contribution in [3.8, 4) is 0 Å². The summed E-state index contributed by atoms with van der Waals surface area (Å²) < 4.78 is 13.2. The Bertz CT molecular complexity index is 328. The molecule has 1 saturated heterocycles. The SMILES string of the molecule is Cl.Fc1ccccc1/C=C1/CCNC1. The first-order valence-corrected chi connectivity index (χ1v) is 4.51. The zero-order valence-corrected chi connectivity index (χ0v) is 8.61. The van der Waals surface area contributed by atoms with Gasteiger partial charge in [-0.3, -0.25) is 0 Å². The molecule has 0 atom stereocenters. The Balaban J connectivity index is 0.000000980. The highest BCUT2D eigenvalue weighted by Gasteiger charge is 2.06. The molecule has 0 unspecified atom stereocenters. The average Bonchev–Trinajstić information content (AvgIpc) is 2.61. The van der Waals surface area contributed by atoms with Crippen LogP contribution in [0.4, 0.5) is 4.39 Å². The third-order valence-corrected chi connectivity index (χ3v) is 2.24. The van der Waals surface area contributed by atoms with Gasteiger partial charge in [0.2, 0.25) is 0 Å². The van der Waals surface area contributed by atoms with Crippen LogP contribution in [0.1, 0.15) is 12.0 Å². The van der Waals surface area contributed by atoms with Gasteiger partial charge in [-0.2, -0.15) is 0 Å². The first kappa shape index (κ1) is 11.2. The average molecular weight is 214 g/mol. The molecule has 1 heterocycles. The number of hydrogen-bond donors (Lipinski definition) is 1. The maximum absolute atomic E-state index is 13.2. The zero-order chi connectivity index (χ0) is 9.10. The first-order valence-electron chi connectivity index (χ1n) is 4.51. The van der Waals surface area contributed by atoms with E-state index in [9.17, 15) is 4.39 Å². The van der Waals surface area contributed by atoms with E-state index in [1.54, 1.807) is 12.1 Å². The quantitative estimate of drug-likeness (QED) is 0.756. The molecule has 2 rings (SSSR count). The standard InChI is InChI=1S/C11H12FN.ClH/c12-11-4-2-1-3-10(11)7-9-5-6-13-8-9;/h1-4,7,13H,5-6,8H2;1H/b9-7-;. The smallest absolute Gasteiger partial charge is 0.130 e. The van der Waals surface area contributed by atoms with Gasteiger partial charge in [0.25, 0.3) is 0 Å². The normalized spacial score (nSPS) is 18.2. The molecule has 1 aromatic carbocycles. The Morgan fingerprint density at radius 2 is 2.07 bits per heavy atom. The minimum atomic E-state index is -0.137. The van der Waals surface area contributed by atoms with Gasteiger partial charge >= 0.3 is 0 Å². The number of hydrogen-bond acceptors (Lipinski definition) is 1. The molecule has 1 aromatic rings. The molecule has 0 aliphatic carbocycles. The summed E-state index contributed by atoms with van der Waals surface area (Å²) in [6.07, 6.45) is 2.98. The number of halogens is 2. The Labute approximate surface area is 89.4 Å². The topological polar surface area (TPSA) is 12.0 Å². The van der Waals surface area contributed by atoms with Gasteiger partial charge in [-0.25, -0.2) is 4.39 Å². The Morgan fingerprint density at radius 1 is 1.29 bits per heavy atom. The van der Waals surface area contributed by atoms with Crippen LogP contribution in [0.3, 0.4) is 0 Å². The molecule has 1 aliphatic rings. The Hall–Kier alpha value is -0.860. The lowest BCUT2D eigenvalue weighted by atomic mass is 10.1. The lowest BCUT2D eigenvalue weighted by Crippen LogP contribution is -2.04. The summed E-state index contributed by atoms with van der Waals surface area (Å²) in [5.74, 6) is -0.137. The van der Waals surface area contributed by atoms with Gasteiger partial charge in [0.05, 0.1) is 0 Å². The van der Waals surface area contributed by atoms with Gasteiger partial charge < -0.3 is 5.32 Å². The van der Waals surface area contributed by atoms with Crippen molar-refractivity contribution >= 4 is 18.5 Å². The summed E-state index contributed by atoms with van der Waals surface area (Å²) in [5.41, 5.74) is 1.98. The van der Waals surface area contributed by atoms with Crippen LogP contribution in [0.25, 0.3) is 6.08 Å². The third kappa shape index (κ3) is 2.56. The van der Waals surface area contributed by atoms with Gasteiger partial charge in [-0.15, -0.1) is 12.4 Å². The lowest BCUT2D eigenvalue weighted by molar-refractivity contribution is 0.625. The largest absolute Gasteiger partial charge is 0.313 e. The second-order valence-corrected chi connectivity index (χ2v) is 3.25. The van der Waals surface area contributed by atoms with E-state index < -0.39 is 0 Å². The molecule has 3 heteroatoms. The molecular formula is C11H13ClFN. The summed E-state index contributed by atoms with van der Waals surface area (Å²) in [5, 5.41) is 3.22. The fourth-order valence-electron chi connectivity index (χ4n) is 1.52. The fraction of sp³-hybridized carbons (Fsp3) is 0.273. The van der Waals surface area contributed by atoms with Crippen LogP contribution in [-0.2, 0) is 0 Å². The molecule has 0 aromatic heterocycles. The van der Waals surface area contributed by atoms with Crippen LogP contribution >= 0.6 is 12.4 Å². The van der Waals surface area contributed by atoms with Gasteiger partial charge in [-0.1, -0.05) is 29.8 Å². The molecule has 14 heavy (non-hydrogen) atoms. The molecule has 1 N–H and O–H groups in total. The molecule has 1 aliphatic heterocycles. The van der Waals surface area contributed by atoms with Crippen LogP contribution in [0.15, 0.2) is 29.8 Å². The van der Waals surface area contributed by atoms with E-state index in [0.29, 0.717) is 5.56 Å². The highest BCUT2D eigenvalue weighted by Crippen LogP contribution is 2.14. The molecule has 0 amide bonds. The van der Waals surface area contributed by atoms with Gasteiger partial charge in [0.15, 0.2) is 0 Å². The van der Waals surface area contributed by atoms with E-state index in [0.717, 1.165) is 19.5 Å². The minimum Gasteiger partial charge on any atom is -0.313 e. The van der Waals surface area contributed by atoms with Gasteiger partial charge in [-0.05, 0) is 19.0 Å². The van der Waals surface area contributed by atoms with Crippen molar-refractivity contribution in [1.29, 1.82) is 0 Å². The summed E-state index contributed by atoms with van der Waals surface area (Å²) in [6.45, 7) is 1.91. The van der Waals surface area contributed by atoms with E-state index in [1.165, 1.54) is 11.6 Å². The molecular weight excluding hydrogens is 201 g/mol. The number of benzene rings is 1. The van der Waals surface area contributed by atoms with Crippen LogP contribution in [0.2, 0.25) is 0 Å². The zero-order valence-electron chi connectivity index (χ0n) is 7.79. The molecule has 0 spiro atoms. The predicted molar refractivity (Wildman–Crippen MR) is 59.1 cm³/mol. The van der Waals surface area contributed by atoms with Crippen LogP contribution < -0.4 is 5.32 Å². The molecule has 0 saturated carbocycles.